The second kappa shape index (κ2) is 8.48. The Hall–Kier alpha value is -3.88. The first-order chi connectivity index (χ1) is 13.1. The number of anilines is 2. The van der Waals surface area contributed by atoms with Crippen molar-refractivity contribution in [2.75, 3.05) is 17.7 Å². The molecule has 138 valence electrons. The fourth-order valence-corrected chi connectivity index (χ4v) is 2.17. The minimum absolute atomic E-state index is 0.0574. The average Bonchev–Trinajstić information content (AvgIpc) is 3.10. The van der Waals surface area contributed by atoms with E-state index in [2.05, 4.69) is 25.7 Å². The number of carbonyl (C=O) groups is 2. The van der Waals surface area contributed by atoms with Crippen LogP contribution in [0.25, 0.3) is 0 Å². The van der Waals surface area contributed by atoms with Crippen molar-refractivity contribution < 1.29 is 19.1 Å². The Morgan fingerprint density at radius 2 is 1.70 bits per heavy atom. The van der Waals surface area contributed by atoms with E-state index in [9.17, 15) is 9.59 Å². The van der Waals surface area contributed by atoms with Crippen LogP contribution >= 0.6 is 0 Å². The minimum atomic E-state index is -0.663. The van der Waals surface area contributed by atoms with Crippen LogP contribution in [0.3, 0.4) is 0 Å². The van der Waals surface area contributed by atoms with E-state index in [0.29, 0.717) is 11.4 Å². The predicted molar refractivity (Wildman–Crippen MR) is 97.6 cm³/mol. The zero-order valence-corrected chi connectivity index (χ0v) is 14.5. The second-order valence-electron chi connectivity index (χ2n) is 5.41. The molecule has 0 unspecified atom stereocenters. The summed E-state index contributed by atoms with van der Waals surface area (Å²) >= 11 is 0. The summed E-state index contributed by atoms with van der Waals surface area (Å²) in [4.78, 5) is 23.2. The number of rotatable bonds is 6. The molecular weight excluding hydrogens is 350 g/mol. The predicted octanol–water partition coefficient (Wildman–Crippen LogP) is 2.89. The first kappa shape index (κ1) is 17.9. The molecule has 3 aromatic rings. The van der Waals surface area contributed by atoms with Crippen molar-refractivity contribution in [2.45, 2.75) is 6.54 Å². The van der Waals surface area contributed by atoms with Gasteiger partial charge in [0.1, 0.15) is 18.0 Å². The Kier molecular flexibility index (Phi) is 5.63. The van der Waals surface area contributed by atoms with E-state index < -0.39 is 6.09 Å². The van der Waals surface area contributed by atoms with Gasteiger partial charge in [0.25, 0.3) is 0 Å². The summed E-state index contributed by atoms with van der Waals surface area (Å²) in [5.41, 5.74) is 0.619. The van der Waals surface area contributed by atoms with Gasteiger partial charge in [-0.1, -0.05) is 23.4 Å². The summed E-state index contributed by atoms with van der Waals surface area (Å²) in [6, 6.07) is 16.4. The molecule has 1 aromatic heterocycles. The van der Waals surface area contributed by atoms with Gasteiger partial charge >= 0.3 is 6.09 Å². The molecule has 2 N–H and O–H groups in total. The molecular formula is C18H17N5O4. The molecule has 0 saturated heterocycles. The van der Waals surface area contributed by atoms with Gasteiger partial charge in [-0.05, 0) is 36.4 Å². The van der Waals surface area contributed by atoms with E-state index in [1.54, 1.807) is 24.3 Å². The number of methoxy groups -OCH3 is 1. The molecule has 0 radical (unpaired) electrons. The zero-order chi connectivity index (χ0) is 19.1. The van der Waals surface area contributed by atoms with Gasteiger partial charge in [0.05, 0.1) is 13.3 Å². The first-order valence-electron chi connectivity index (χ1n) is 8.00. The molecule has 0 aliphatic carbocycles. The number of para-hydroxylation sites is 1. The van der Waals surface area contributed by atoms with E-state index in [4.69, 9.17) is 4.74 Å². The van der Waals surface area contributed by atoms with Crippen LogP contribution < -0.4 is 15.4 Å². The first-order valence-corrected chi connectivity index (χ1v) is 8.00. The molecule has 2 aromatic carbocycles. The number of benzene rings is 2. The maximum atomic E-state index is 12.1. The third-order valence-corrected chi connectivity index (χ3v) is 3.38. The van der Waals surface area contributed by atoms with Crippen LogP contribution in [0.5, 0.6) is 11.5 Å². The van der Waals surface area contributed by atoms with E-state index in [-0.39, 0.29) is 18.3 Å². The van der Waals surface area contributed by atoms with Crippen LogP contribution in [0.4, 0.5) is 16.3 Å². The largest absolute Gasteiger partial charge is 0.457 e. The standard InChI is InChI=1S/C18H17N5O4/c1-26-18(25)20-16-11-23(22-21-16)12-17(24)19-13-7-9-15(10-8-13)27-14-5-3-2-4-6-14/h2-11H,12H2,1H3,(H,19,24)(H,20,25). The third kappa shape index (κ3) is 5.30. The Bertz CT molecular complexity index is 909. The lowest BCUT2D eigenvalue weighted by Crippen LogP contribution is -2.19. The number of hydrogen-bond donors (Lipinski definition) is 2. The van der Waals surface area contributed by atoms with Crippen LogP contribution in [0.15, 0.2) is 60.8 Å². The molecule has 0 aliphatic heterocycles. The lowest BCUT2D eigenvalue weighted by Gasteiger charge is -2.08. The topological polar surface area (TPSA) is 107 Å². The van der Waals surface area contributed by atoms with E-state index in [0.717, 1.165) is 5.75 Å². The summed E-state index contributed by atoms with van der Waals surface area (Å²) in [6.45, 7) is -0.0574. The SMILES string of the molecule is COC(=O)Nc1cn(CC(=O)Nc2ccc(Oc3ccccc3)cc2)nn1. The number of carbonyl (C=O) groups excluding carboxylic acids is 2. The molecule has 27 heavy (non-hydrogen) atoms. The van der Waals surface area contributed by atoms with Gasteiger partial charge < -0.3 is 14.8 Å². The van der Waals surface area contributed by atoms with Crippen LogP contribution in [-0.2, 0) is 16.1 Å². The number of amides is 2. The lowest BCUT2D eigenvalue weighted by atomic mass is 10.3. The lowest BCUT2D eigenvalue weighted by molar-refractivity contribution is -0.116. The highest BCUT2D eigenvalue weighted by atomic mass is 16.5. The maximum absolute atomic E-state index is 12.1. The highest BCUT2D eigenvalue weighted by Crippen LogP contribution is 2.22. The van der Waals surface area contributed by atoms with Crippen molar-refractivity contribution in [1.29, 1.82) is 0 Å². The summed E-state index contributed by atoms with van der Waals surface area (Å²) in [6.07, 6.45) is 0.761. The summed E-state index contributed by atoms with van der Waals surface area (Å²) < 4.78 is 11.5. The molecule has 9 nitrogen and oxygen atoms in total. The van der Waals surface area contributed by atoms with E-state index in [1.807, 2.05) is 30.3 Å². The maximum Gasteiger partial charge on any atom is 0.412 e. The molecule has 0 aliphatic rings. The number of aromatic nitrogens is 3. The van der Waals surface area contributed by atoms with Crippen molar-refractivity contribution in [1.82, 2.24) is 15.0 Å². The summed E-state index contributed by atoms with van der Waals surface area (Å²) in [5, 5.41) is 12.6. The number of nitrogens with one attached hydrogen (secondary N) is 2. The van der Waals surface area contributed by atoms with Crippen molar-refractivity contribution in [3.8, 4) is 11.5 Å². The highest BCUT2D eigenvalue weighted by molar-refractivity contribution is 5.90. The second-order valence-corrected chi connectivity index (χ2v) is 5.41. The van der Waals surface area contributed by atoms with Gasteiger partial charge in [-0.25, -0.2) is 9.48 Å². The van der Waals surface area contributed by atoms with Gasteiger partial charge in [-0.15, -0.1) is 5.10 Å². The molecule has 0 atom stereocenters. The summed E-state index contributed by atoms with van der Waals surface area (Å²) in [5.74, 6) is 1.30. The van der Waals surface area contributed by atoms with Crippen molar-refractivity contribution in [3.05, 3.63) is 60.8 Å². The average molecular weight is 367 g/mol. The molecule has 0 bridgehead atoms. The third-order valence-electron chi connectivity index (χ3n) is 3.38. The van der Waals surface area contributed by atoms with E-state index in [1.165, 1.54) is 18.0 Å². The van der Waals surface area contributed by atoms with Gasteiger partial charge in [-0.2, -0.15) is 0 Å². The van der Waals surface area contributed by atoms with Gasteiger partial charge in [0.15, 0.2) is 5.82 Å². The quantitative estimate of drug-likeness (QED) is 0.694. The molecule has 3 rings (SSSR count). The Morgan fingerprint density at radius 1 is 1.00 bits per heavy atom. The fourth-order valence-electron chi connectivity index (χ4n) is 2.17. The molecule has 2 amide bonds. The van der Waals surface area contributed by atoms with Crippen LogP contribution in [0.2, 0.25) is 0 Å². The van der Waals surface area contributed by atoms with Crippen LogP contribution in [-0.4, -0.2) is 34.1 Å². The highest BCUT2D eigenvalue weighted by Gasteiger charge is 2.09. The molecule has 0 spiro atoms. The van der Waals surface area contributed by atoms with Gasteiger partial charge in [0, 0.05) is 5.69 Å². The van der Waals surface area contributed by atoms with Crippen LogP contribution in [0, 0.1) is 0 Å². The molecule has 1 heterocycles. The monoisotopic (exact) mass is 367 g/mol. The van der Waals surface area contributed by atoms with Crippen molar-refractivity contribution >= 4 is 23.5 Å². The molecule has 9 heteroatoms. The normalized spacial score (nSPS) is 10.1. The fraction of sp³-hybridized carbons (Fsp3) is 0.111. The smallest absolute Gasteiger partial charge is 0.412 e. The van der Waals surface area contributed by atoms with Gasteiger partial charge in [0.2, 0.25) is 5.91 Å². The number of ether oxygens (including phenoxy) is 2. The van der Waals surface area contributed by atoms with Gasteiger partial charge in [-0.3, -0.25) is 10.1 Å². The molecule has 0 saturated carbocycles. The summed E-state index contributed by atoms with van der Waals surface area (Å²) in [7, 11) is 1.24. The van der Waals surface area contributed by atoms with Crippen LogP contribution in [0.1, 0.15) is 0 Å². The Labute approximate surface area is 154 Å². The Morgan fingerprint density at radius 3 is 2.41 bits per heavy atom. The molecule has 0 fully saturated rings. The zero-order valence-electron chi connectivity index (χ0n) is 14.5. The number of nitrogens with zero attached hydrogens (tertiary/aromatic N) is 3. The van der Waals surface area contributed by atoms with Crippen molar-refractivity contribution in [2.24, 2.45) is 0 Å². The van der Waals surface area contributed by atoms with Crippen molar-refractivity contribution in [3.63, 3.8) is 0 Å². The Balaban J connectivity index is 1.52. The van der Waals surface area contributed by atoms with E-state index >= 15 is 0 Å². The number of hydrogen-bond acceptors (Lipinski definition) is 6. The minimum Gasteiger partial charge on any atom is -0.457 e.